The van der Waals surface area contributed by atoms with Crippen molar-refractivity contribution in [3.63, 3.8) is 0 Å². The maximum atomic E-state index is 12.8. The Morgan fingerprint density at radius 3 is 2.54 bits per heavy atom. The van der Waals surface area contributed by atoms with Crippen LogP contribution >= 0.6 is 11.8 Å². The number of piperidine rings is 1. The number of likely N-dealkylation sites (tertiary alicyclic amines) is 1. The average molecular weight is 354 g/mol. The lowest BCUT2D eigenvalue weighted by Crippen LogP contribution is -2.51. The molecule has 2 heterocycles. The molecule has 134 valence electrons. The number of nitrogens with zero attached hydrogens (tertiary/aromatic N) is 2. The van der Waals surface area contributed by atoms with Crippen LogP contribution in [0.25, 0.3) is 0 Å². The molecule has 7 heteroatoms. The zero-order valence-corrected chi connectivity index (χ0v) is 15.0. The van der Waals surface area contributed by atoms with Crippen molar-refractivity contribution in [3.05, 3.63) is 0 Å². The number of carboxylic acid groups (broad SMARTS) is 1. The largest absolute Gasteiger partial charge is 0.481 e. The van der Waals surface area contributed by atoms with Gasteiger partial charge in [-0.1, -0.05) is 13.3 Å². The Hall–Kier alpha value is -1.24. The Bertz CT molecular complexity index is 531. The minimum absolute atomic E-state index is 0.0484. The molecule has 2 saturated heterocycles. The second-order valence-electron chi connectivity index (χ2n) is 7.27. The summed E-state index contributed by atoms with van der Waals surface area (Å²) < 4.78 is 0. The SMILES string of the molecule is CCCCC(=O)N1CSCC1C(=O)N1CCC2(CC1)CC2C(=O)O. The van der Waals surface area contributed by atoms with Crippen molar-refractivity contribution in [2.75, 3.05) is 24.7 Å². The van der Waals surface area contributed by atoms with Crippen LogP contribution in [0.3, 0.4) is 0 Å². The molecule has 24 heavy (non-hydrogen) atoms. The van der Waals surface area contributed by atoms with Crippen LogP contribution in [-0.2, 0) is 14.4 Å². The van der Waals surface area contributed by atoms with Gasteiger partial charge >= 0.3 is 5.97 Å². The van der Waals surface area contributed by atoms with Gasteiger partial charge in [0.15, 0.2) is 0 Å². The molecule has 6 nitrogen and oxygen atoms in total. The van der Waals surface area contributed by atoms with Crippen molar-refractivity contribution in [2.45, 2.75) is 51.5 Å². The van der Waals surface area contributed by atoms with E-state index in [0.29, 0.717) is 31.1 Å². The molecule has 2 aliphatic heterocycles. The van der Waals surface area contributed by atoms with E-state index in [1.807, 2.05) is 4.90 Å². The number of rotatable bonds is 5. The monoisotopic (exact) mass is 354 g/mol. The number of hydrogen-bond donors (Lipinski definition) is 1. The second-order valence-corrected chi connectivity index (χ2v) is 8.27. The number of amides is 2. The van der Waals surface area contributed by atoms with Crippen LogP contribution in [0.5, 0.6) is 0 Å². The molecule has 2 atom stereocenters. The summed E-state index contributed by atoms with van der Waals surface area (Å²) in [6, 6.07) is -0.331. The van der Waals surface area contributed by atoms with Crippen LogP contribution in [0.1, 0.15) is 45.4 Å². The van der Waals surface area contributed by atoms with Crippen LogP contribution in [0, 0.1) is 11.3 Å². The molecule has 0 aromatic rings. The number of thioether (sulfide) groups is 1. The molecule has 1 N–H and O–H groups in total. The zero-order chi connectivity index (χ0) is 17.3. The maximum Gasteiger partial charge on any atom is 0.307 e. The van der Waals surface area contributed by atoms with Gasteiger partial charge in [-0.05, 0) is 31.1 Å². The fourth-order valence-corrected chi connectivity index (χ4v) is 5.17. The highest BCUT2D eigenvalue weighted by Gasteiger charge is 2.59. The Morgan fingerprint density at radius 1 is 1.25 bits per heavy atom. The fraction of sp³-hybridized carbons (Fsp3) is 0.824. The van der Waals surface area contributed by atoms with Crippen LogP contribution in [-0.4, -0.2) is 63.5 Å². The lowest BCUT2D eigenvalue weighted by Gasteiger charge is -2.35. The summed E-state index contributed by atoms with van der Waals surface area (Å²) >= 11 is 1.64. The van der Waals surface area contributed by atoms with Gasteiger partial charge in [0.25, 0.3) is 0 Å². The molecule has 3 rings (SSSR count). The third-order valence-corrected chi connectivity index (χ3v) is 6.80. The Kier molecular flexibility index (Phi) is 5.08. The first-order valence-corrected chi connectivity index (χ1v) is 10.0. The zero-order valence-electron chi connectivity index (χ0n) is 14.2. The van der Waals surface area contributed by atoms with Gasteiger partial charge in [0.2, 0.25) is 11.8 Å². The summed E-state index contributed by atoms with van der Waals surface area (Å²) in [5.41, 5.74) is -0.0658. The van der Waals surface area contributed by atoms with Crippen LogP contribution in [0.4, 0.5) is 0 Å². The molecule has 0 radical (unpaired) electrons. The van der Waals surface area contributed by atoms with Gasteiger partial charge < -0.3 is 14.9 Å². The summed E-state index contributed by atoms with van der Waals surface area (Å²) in [7, 11) is 0. The van der Waals surface area contributed by atoms with Gasteiger partial charge in [-0.2, -0.15) is 0 Å². The van der Waals surface area contributed by atoms with Crippen molar-refractivity contribution in [1.82, 2.24) is 9.80 Å². The molecule has 3 fully saturated rings. The molecule has 1 spiro atoms. The first kappa shape index (κ1) is 17.6. The molecule has 1 saturated carbocycles. The van der Waals surface area contributed by atoms with Crippen LogP contribution in [0.2, 0.25) is 0 Å². The number of carbonyl (C=O) groups excluding carboxylic acids is 2. The number of carbonyl (C=O) groups is 3. The predicted molar refractivity (Wildman–Crippen MR) is 91.5 cm³/mol. The number of unbranched alkanes of at least 4 members (excludes halogenated alkanes) is 1. The van der Waals surface area contributed by atoms with Gasteiger partial charge in [-0.15, -0.1) is 11.8 Å². The highest BCUT2D eigenvalue weighted by molar-refractivity contribution is 7.99. The first-order chi connectivity index (χ1) is 11.5. The highest BCUT2D eigenvalue weighted by atomic mass is 32.2. The Balaban J connectivity index is 1.55. The summed E-state index contributed by atoms with van der Waals surface area (Å²) in [6.45, 7) is 3.31. The van der Waals surface area contributed by atoms with E-state index in [1.54, 1.807) is 16.7 Å². The van der Waals surface area contributed by atoms with Crippen LogP contribution in [0.15, 0.2) is 0 Å². The summed E-state index contributed by atoms with van der Waals surface area (Å²) in [6.07, 6.45) is 4.67. The normalized spacial score (nSPS) is 28.2. The van der Waals surface area contributed by atoms with Crippen LogP contribution < -0.4 is 0 Å². The van der Waals surface area contributed by atoms with Crippen molar-refractivity contribution in [2.24, 2.45) is 11.3 Å². The summed E-state index contributed by atoms with van der Waals surface area (Å²) in [5, 5.41) is 9.16. The smallest absolute Gasteiger partial charge is 0.307 e. The van der Waals surface area contributed by atoms with Crippen molar-refractivity contribution in [3.8, 4) is 0 Å². The van der Waals surface area contributed by atoms with Crippen molar-refractivity contribution in [1.29, 1.82) is 0 Å². The van der Waals surface area contributed by atoms with Gasteiger partial charge in [0.1, 0.15) is 6.04 Å². The molecule has 2 amide bonds. The predicted octanol–water partition coefficient (Wildman–Crippen LogP) is 1.79. The van der Waals surface area contributed by atoms with Gasteiger partial charge in [0, 0.05) is 25.3 Å². The minimum Gasteiger partial charge on any atom is -0.481 e. The van der Waals surface area contributed by atoms with E-state index in [9.17, 15) is 14.4 Å². The molecule has 3 aliphatic rings. The Labute approximate surface area is 146 Å². The molecular weight excluding hydrogens is 328 g/mol. The maximum absolute atomic E-state index is 12.8. The topological polar surface area (TPSA) is 77.9 Å². The molecule has 0 aromatic carbocycles. The molecule has 2 unspecified atom stereocenters. The molecular formula is C17H26N2O4S. The first-order valence-electron chi connectivity index (χ1n) is 8.87. The summed E-state index contributed by atoms with van der Waals surface area (Å²) in [4.78, 5) is 39.9. The van der Waals surface area contributed by atoms with Gasteiger partial charge in [-0.25, -0.2) is 0 Å². The van der Waals surface area contributed by atoms with Gasteiger partial charge in [0.05, 0.1) is 11.8 Å². The van der Waals surface area contributed by atoms with E-state index in [0.717, 1.165) is 32.1 Å². The number of carboxylic acids is 1. The summed E-state index contributed by atoms with van der Waals surface area (Å²) in [5.74, 6) is 0.501. The van der Waals surface area contributed by atoms with E-state index < -0.39 is 5.97 Å². The Morgan fingerprint density at radius 2 is 1.96 bits per heavy atom. The van der Waals surface area contributed by atoms with Crippen molar-refractivity contribution < 1.29 is 19.5 Å². The van der Waals surface area contributed by atoms with E-state index >= 15 is 0 Å². The lowest BCUT2D eigenvalue weighted by atomic mass is 9.90. The molecule has 1 aliphatic carbocycles. The third-order valence-electron chi connectivity index (χ3n) is 5.79. The highest BCUT2D eigenvalue weighted by Crippen LogP contribution is 2.59. The third kappa shape index (κ3) is 3.27. The minimum atomic E-state index is -0.699. The standard InChI is InChI=1S/C17H26N2O4S/c1-2-3-4-14(20)19-11-24-10-13(19)15(21)18-7-5-17(6-8-18)9-12(17)16(22)23/h12-13H,2-11H2,1H3,(H,22,23). The number of aliphatic carboxylic acids is 1. The van der Waals surface area contributed by atoms with Crippen molar-refractivity contribution >= 4 is 29.5 Å². The van der Waals surface area contributed by atoms with E-state index in [2.05, 4.69) is 6.92 Å². The second kappa shape index (κ2) is 6.94. The molecule has 0 aromatic heterocycles. The van der Waals surface area contributed by atoms with Gasteiger partial charge in [-0.3, -0.25) is 14.4 Å². The van der Waals surface area contributed by atoms with E-state index in [4.69, 9.17) is 5.11 Å². The lowest BCUT2D eigenvalue weighted by molar-refractivity contribution is -0.145. The number of hydrogen-bond acceptors (Lipinski definition) is 4. The quantitative estimate of drug-likeness (QED) is 0.814. The molecule has 0 bridgehead atoms. The fourth-order valence-electron chi connectivity index (χ4n) is 4.00. The van der Waals surface area contributed by atoms with E-state index in [-0.39, 0.29) is 29.2 Å². The average Bonchev–Trinajstić information content (AvgIpc) is 3.06. The van der Waals surface area contributed by atoms with E-state index in [1.165, 1.54) is 0 Å².